The lowest BCUT2D eigenvalue weighted by Crippen LogP contribution is -2.24. The molecule has 0 radical (unpaired) electrons. The maximum Gasteiger partial charge on any atom is 0.251 e. The first kappa shape index (κ1) is 15.2. The molecule has 0 aliphatic carbocycles. The predicted molar refractivity (Wildman–Crippen MR) is 79.9 cm³/mol. The fraction of sp³-hybridized carbons (Fsp3) is 0.438. The van der Waals surface area contributed by atoms with E-state index in [0.29, 0.717) is 23.2 Å². The molecule has 1 aromatic heterocycles. The van der Waals surface area contributed by atoms with Crippen LogP contribution >= 0.6 is 0 Å². The fourth-order valence-corrected chi connectivity index (χ4v) is 2.05. The summed E-state index contributed by atoms with van der Waals surface area (Å²) in [5, 5.41) is 6.70. The number of rotatable bonds is 5. The molecule has 0 fully saturated rings. The maximum absolute atomic E-state index is 12.2. The van der Waals surface area contributed by atoms with Crippen molar-refractivity contribution in [1.82, 2.24) is 15.5 Å². The average Bonchev–Trinajstić information content (AvgIpc) is 2.86. The van der Waals surface area contributed by atoms with Gasteiger partial charge in [0.25, 0.3) is 5.91 Å². The van der Waals surface area contributed by atoms with E-state index in [0.717, 1.165) is 17.5 Å². The number of benzene rings is 1. The number of aryl methyl sites for hydroxylation is 1. The SMILES string of the molecule is Cc1cccc(C(=O)NCc2noc(CC(C)C)n2)c1C. The highest BCUT2D eigenvalue weighted by Crippen LogP contribution is 2.12. The number of hydrogen-bond donors (Lipinski definition) is 1. The Morgan fingerprint density at radius 2 is 2.10 bits per heavy atom. The van der Waals surface area contributed by atoms with Crippen LogP contribution in [-0.2, 0) is 13.0 Å². The third-order valence-electron chi connectivity index (χ3n) is 3.35. The molecule has 0 aliphatic heterocycles. The second kappa shape index (κ2) is 6.52. The third-order valence-corrected chi connectivity index (χ3v) is 3.35. The van der Waals surface area contributed by atoms with Crippen molar-refractivity contribution in [2.24, 2.45) is 5.92 Å². The predicted octanol–water partition coefficient (Wildman–Crippen LogP) is 2.81. The van der Waals surface area contributed by atoms with Crippen molar-refractivity contribution in [2.45, 2.75) is 40.7 Å². The molecule has 21 heavy (non-hydrogen) atoms. The Kier molecular flexibility index (Phi) is 4.73. The molecule has 1 aromatic carbocycles. The number of hydrogen-bond acceptors (Lipinski definition) is 4. The van der Waals surface area contributed by atoms with Gasteiger partial charge in [-0.25, -0.2) is 0 Å². The number of amides is 1. The van der Waals surface area contributed by atoms with Crippen LogP contribution in [0.2, 0.25) is 0 Å². The first-order chi connectivity index (χ1) is 9.97. The van der Waals surface area contributed by atoms with Crippen LogP contribution in [0.25, 0.3) is 0 Å². The summed E-state index contributed by atoms with van der Waals surface area (Å²) in [6.45, 7) is 8.38. The van der Waals surface area contributed by atoms with Crippen molar-refractivity contribution < 1.29 is 9.32 Å². The molecule has 1 amide bonds. The van der Waals surface area contributed by atoms with Gasteiger partial charge < -0.3 is 9.84 Å². The fourth-order valence-electron chi connectivity index (χ4n) is 2.05. The zero-order chi connectivity index (χ0) is 15.4. The van der Waals surface area contributed by atoms with Crippen LogP contribution in [0, 0.1) is 19.8 Å². The minimum atomic E-state index is -0.119. The van der Waals surface area contributed by atoms with Gasteiger partial charge in [-0.1, -0.05) is 31.1 Å². The van der Waals surface area contributed by atoms with Gasteiger partial charge in [0.1, 0.15) is 0 Å². The van der Waals surface area contributed by atoms with E-state index in [1.54, 1.807) is 0 Å². The van der Waals surface area contributed by atoms with Crippen LogP contribution in [-0.4, -0.2) is 16.0 Å². The first-order valence-corrected chi connectivity index (χ1v) is 7.13. The zero-order valence-electron chi connectivity index (χ0n) is 12.9. The highest BCUT2D eigenvalue weighted by molar-refractivity contribution is 5.95. The summed E-state index contributed by atoms with van der Waals surface area (Å²) in [6.07, 6.45) is 0.748. The van der Waals surface area contributed by atoms with E-state index in [9.17, 15) is 4.79 Å². The van der Waals surface area contributed by atoms with E-state index in [4.69, 9.17) is 4.52 Å². The van der Waals surface area contributed by atoms with Crippen molar-refractivity contribution >= 4 is 5.91 Å². The largest absolute Gasteiger partial charge is 0.345 e. The van der Waals surface area contributed by atoms with Crippen LogP contribution in [0.1, 0.15) is 47.0 Å². The molecule has 1 N–H and O–H groups in total. The summed E-state index contributed by atoms with van der Waals surface area (Å²) in [5.74, 6) is 1.46. The molecule has 2 rings (SSSR count). The number of aromatic nitrogens is 2. The molecule has 0 saturated heterocycles. The van der Waals surface area contributed by atoms with Crippen molar-refractivity contribution in [3.05, 3.63) is 46.6 Å². The highest BCUT2D eigenvalue weighted by Gasteiger charge is 2.12. The molecule has 5 nitrogen and oxygen atoms in total. The summed E-state index contributed by atoms with van der Waals surface area (Å²) >= 11 is 0. The molecule has 0 atom stereocenters. The Morgan fingerprint density at radius 3 is 2.81 bits per heavy atom. The van der Waals surface area contributed by atoms with Gasteiger partial charge in [0.05, 0.1) is 6.54 Å². The van der Waals surface area contributed by atoms with E-state index in [1.165, 1.54) is 0 Å². The van der Waals surface area contributed by atoms with Crippen molar-refractivity contribution in [2.75, 3.05) is 0 Å². The van der Waals surface area contributed by atoms with E-state index in [-0.39, 0.29) is 12.5 Å². The van der Waals surface area contributed by atoms with Gasteiger partial charge in [0, 0.05) is 12.0 Å². The Morgan fingerprint density at radius 1 is 1.33 bits per heavy atom. The molecule has 0 spiro atoms. The zero-order valence-corrected chi connectivity index (χ0v) is 12.9. The summed E-state index contributed by atoms with van der Waals surface area (Å²) in [6, 6.07) is 5.69. The van der Waals surface area contributed by atoms with Crippen molar-refractivity contribution in [1.29, 1.82) is 0 Å². The molecule has 0 unspecified atom stereocenters. The Bertz CT molecular complexity index is 632. The third kappa shape index (κ3) is 3.90. The summed E-state index contributed by atoms with van der Waals surface area (Å²) in [5.41, 5.74) is 2.77. The molecular weight excluding hydrogens is 266 g/mol. The molecule has 112 valence electrons. The minimum Gasteiger partial charge on any atom is -0.345 e. The lowest BCUT2D eigenvalue weighted by Gasteiger charge is -2.08. The Hall–Kier alpha value is -2.17. The normalized spacial score (nSPS) is 10.9. The Labute approximate surface area is 124 Å². The number of carbonyl (C=O) groups is 1. The second-order valence-corrected chi connectivity index (χ2v) is 5.63. The van der Waals surface area contributed by atoms with Crippen molar-refractivity contribution in [3.63, 3.8) is 0 Å². The van der Waals surface area contributed by atoms with E-state index >= 15 is 0 Å². The minimum absolute atomic E-state index is 0.119. The number of nitrogens with one attached hydrogen (secondary N) is 1. The Balaban J connectivity index is 1.98. The van der Waals surface area contributed by atoms with Gasteiger partial charge in [-0.2, -0.15) is 4.98 Å². The second-order valence-electron chi connectivity index (χ2n) is 5.63. The van der Waals surface area contributed by atoms with Gasteiger partial charge in [0.2, 0.25) is 5.89 Å². The van der Waals surface area contributed by atoms with Gasteiger partial charge in [0.15, 0.2) is 5.82 Å². The molecule has 2 aromatic rings. The molecule has 0 aliphatic rings. The van der Waals surface area contributed by atoms with Gasteiger partial charge >= 0.3 is 0 Å². The highest BCUT2D eigenvalue weighted by atomic mass is 16.5. The summed E-state index contributed by atoms with van der Waals surface area (Å²) in [7, 11) is 0. The first-order valence-electron chi connectivity index (χ1n) is 7.13. The van der Waals surface area contributed by atoms with Crippen LogP contribution < -0.4 is 5.32 Å². The van der Waals surface area contributed by atoms with Gasteiger partial charge in [-0.3, -0.25) is 4.79 Å². The van der Waals surface area contributed by atoms with E-state index in [2.05, 4.69) is 29.3 Å². The molecule has 1 heterocycles. The smallest absolute Gasteiger partial charge is 0.251 e. The van der Waals surface area contributed by atoms with E-state index < -0.39 is 0 Å². The lowest BCUT2D eigenvalue weighted by atomic mass is 10.0. The van der Waals surface area contributed by atoms with Crippen LogP contribution in [0.3, 0.4) is 0 Å². The van der Waals surface area contributed by atoms with Crippen LogP contribution in [0.15, 0.2) is 22.7 Å². The standard InChI is InChI=1S/C16H21N3O2/c1-10(2)8-15-18-14(19-21-15)9-17-16(20)13-7-5-6-11(3)12(13)4/h5-7,10H,8-9H2,1-4H3,(H,17,20). The quantitative estimate of drug-likeness (QED) is 0.918. The molecular formula is C16H21N3O2. The van der Waals surface area contributed by atoms with Crippen molar-refractivity contribution in [3.8, 4) is 0 Å². The van der Waals surface area contributed by atoms with Crippen LogP contribution in [0.5, 0.6) is 0 Å². The lowest BCUT2D eigenvalue weighted by molar-refractivity contribution is 0.0949. The molecule has 0 bridgehead atoms. The summed E-state index contributed by atoms with van der Waals surface area (Å²) < 4.78 is 5.14. The molecule has 5 heteroatoms. The topological polar surface area (TPSA) is 68.0 Å². The molecule has 0 saturated carbocycles. The van der Waals surface area contributed by atoms with Gasteiger partial charge in [-0.05, 0) is 37.0 Å². The van der Waals surface area contributed by atoms with Gasteiger partial charge in [-0.15, -0.1) is 0 Å². The number of carbonyl (C=O) groups excluding carboxylic acids is 1. The van der Waals surface area contributed by atoms with E-state index in [1.807, 2.05) is 32.0 Å². The monoisotopic (exact) mass is 287 g/mol. The summed E-state index contributed by atoms with van der Waals surface area (Å²) in [4.78, 5) is 16.4. The maximum atomic E-state index is 12.2. The average molecular weight is 287 g/mol. The van der Waals surface area contributed by atoms with Crippen LogP contribution in [0.4, 0.5) is 0 Å². The number of nitrogens with zero attached hydrogens (tertiary/aromatic N) is 2.